The summed E-state index contributed by atoms with van der Waals surface area (Å²) in [5, 5.41) is 0.995. The monoisotopic (exact) mass is 521 g/mol. The Morgan fingerprint density at radius 3 is 2.37 bits per heavy atom. The summed E-state index contributed by atoms with van der Waals surface area (Å²) in [6.45, 7) is 4.75. The molecule has 0 aromatic heterocycles. The molecule has 2 amide bonds. The molecule has 2 heterocycles. The highest BCUT2D eigenvalue weighted by atomic mass is 35.5. The van der Waals surface area contributed by atoms with Gasteiger partial charge in [0.05, 0.1) is 22.7 Å². The molecule has 0 unspecified atom stereocenters. The number of rotatable bonds is 8. The summed E-state index contributed by atoms with van der Waals surface area (Å²) in [7, 11) is 1.79. The minimum absolute atomic E-state index is 0.0374. The summed E-state index contributed by atoms with van der Waals surface area (Å²) in [6.07, 6.45) is 7.67. The average molecular weight is 523 g/mol. The number of halogens is 2. The molecule has 2 saturated carbocycles. The molecule has 2 atom stereocenters. The first-order chi connectivity index (χ1) is 16.9. The Bertz CT molecular complexity index is 928. The lowest BCUT2D eigenvalue weighted by Crippen LogP contribution is -2.44. The molecule has 1 aromatic rings. The van der Waals surface area contributed by atoms with E-state index < -0.39 is 0 Å². The van der Waals surface area contributed by atoms with Crippen LogP contribution in [-0.4, -0.2) is 79.1 Å². The quantitative estimate of drug-likeness (QED) is 0.467. The van der Waals surface area contributed by atoms with Gasteiger partial charge < -0.3 is 19.4 Å². The predicted molar refractivity (Wildman–Crippen MR) is 138 cm³/mol. The van der Waals surface area contributed by atoms with Crippen LogP contribution in [0.15, 0.2) is 18.2 Å². The minimum atomic E-state index is -0.316. The Balaban J connectivity index is 1.25. The van der Waals surface area contributed by atoms with Gasteiger partial charge in [0.2, 0.25) is 5.91 Å². The molecule has 6 nitrogen and oxygen atoms in total. The summed E-state index contributed by atoms with van der Waals surface area (Å²) >= 11 is 12.5. The number of carbonyl (C=O) groups is 2. The van der Waals surface area contributed by atoms with Crippen LogP contribution in [0.2, 0.25) is 10.0 Å². The molecule has 2 aliphatic carbocycles. The Hall–Kier alpha value is -1.50. The summed E-state index contributed by atoms with van der Waals surface area (Å²) < 4.78 is 5.59. The van der Waals surface area contributed by atoms with Crippen LogP contribution in [0, 0.1) is 17.8 Å². The van der Waals surface area contributed by atoms with Crippen molar-refractivity contribution in [3.63, 3.8) is 0 Å². The molecular formula is C27H37Cl2N3O3. The molecular weight excluding hydrogens is 485 g/mol. The summed E-state index contributed by atoms with van der Waals surface area (Å²) in [5.74, 6) is 1.85. The van der Waals surface area contributed by atoms with E-state index in [-0.39, 0.29) is 29.9 Å². The molecule has 0 bridgehead atoms. The molecule has 0 spiro atoms. The van der Waals surface area contributed by atoms with E-state index in [4.69, 9.17) is 27.9 Å². The molecule has 4 fully saturated rings. The number of nitrogens with zero attached hydrogens (tertiary/aromatic N) is 3. The third-order valence-electron chi connectivity index (χ3n) is 8.36. The van der Waals surface area contributed by atoms with Crippen molar-refractivity contribution in [3.05, 3.63) is 33.8 Å². The van der Waals surface area contributed by atoms with Crippen molar-refractivity contribution in [2.24, 2.45) is 17.8 Å². The molecule has 35 heavy (non-hydrogen) atoms. The van der Waals surface area contributed by atoms with Gasteiger partial charge in [-0.25, -0.2) is 4.79 Å². The van der Waals surface area contributed by atoms with Crippen LogP contribution in [0.1, 0.15) is 56.4 Å². The Morgan fingerprint density at radius 1 is 1.00 bits per heavy atom. The van der Waals surface area contributed by atoms with E-state index in [9.17, 15) is 9.59 Å². The Kier molecular flexibility index (Phi) is 7.81. The van der Waals surface area contributed by atoms with E-state index in [0.717, 1.165) is 43.8 Å². The van der Waals surface area contributed by atoms with Crippen molar-refractivity contribution in [2.75, 3.05) is 46.4 Å². The van der Waals surface area contributed by atoms with Crippen molar-refractivity contribution in [1.29, 1.82) is 0 Å². The highest BCUT2D eigenvalue weighted by molar-refractivity contribution is 6.42. The first kappa shape index (κ1) is 25.2. The lowest BCUT2D eigenvalue weighted by Gasteiger charge is -2.33. The molecule has 0 radical (unpaired) electrons. The van der Waals surface area contributed by atoms with Crippen LogP contribution >= 0.6 is 23.2 Å². The van der Waals surface area contributed by atoms with Crippen molar-refractivity contribution >= 4 is 35.2 Å². The maximum atomic E-state index is 13.6. The SMILES string of the molecule is CN(C(=O)OCCC1CC1)[C@@H]1CN(C(=O)C2CCN(CC3CC3)CC2)C[C@H]1c1ccc(Cl)c(Cl)c1. The number of likely N-dealkylation sites (N-methyl/N-ethyl adjacent to an activating group) is 1. The molecule has 8 heteroatoms. The molecule has 5 rings (SSSR count). The number of benzene rings is 1. The number of carbonyl (C=O) groups excluding carboxylic acids is 2. The zero-order valence-corrected chi connectivity index (χ0v) is 22.1. The van der Waals surface area contributed by atoms with E-state index >= 15 is 0 Å². The number of hydrogen-bond acceptors (Lipinski definition) is 4. The maximum absolute atomic E-state index is 13.6. The van der Waals surface area contributed by atoms with Crippen LogP contribution in [-0.2, 0) is 9.53 Å². The van der Waals surface area contributed by atoms with Crippen LogP contribution in [0.5, 0.6) is 0 Å². The van der Waals surface area contributed by atoms with Gasteiger partial charge in [-0.3, -0.25) is 4.79 Å². The lowest BCUT2D eigenvalue weighted by molar-refractivity contribution is -0.136. The van der Waals surface area contributed by atoms with Crippen LogP contribution in [0.25, 0.3) is 0 Å². The fourth-order valence-corrected chi connectivity index (χ4v) is 5.98. The van der Waals surface area contributed by atoms with Crippen molar-refractivity contribution in [3.8, 4) is 0 Å². The number of likely N-dealkylation sites (tertiary alicyclic amines) is 2. The summed E-state index contributed by atoms with van der Waals surface area (Å²) in [4.78, 5) is 32.6. The zero-order valence-electron chi connectivity index (χ0n) is 20.6. The van der Waals surface area contributed by atoms with Gasteiger partial charge in [-0.15, -0.1) is 0 Å². The van der Waals surface area contributed by atoms with Gasteiger partial charge in [0.1, 0.15) is 0 Å². The summed E-state index contributed by atoms with van der Waals surface area (Å²) in [6, 6.07) is 5.46. The Morgan fingerprint density at radius 2 is 1.71 bits per heavy atom. The van der Waals surface area contributed by atoms with Crippen molar-refractivity contribution < 1.29 is 14.3 Å². The molecule has 0 N–H and O–H groups in total. The number of hydrogen-bond donors (Lipinski definition) is 0. The van der Waals surface area contributed by atoms with Gasteiger partial charge in [-0.2, -0.15) is 0 Å². The van der Waals surface area contributed by atoms with Gasteiger partial charge >= 0.3 is 6.09 Å². The molecule has 2 saturated heterocycles. The second kappa shape index (κ2) is 10.9. The third kappa shape index (κ3) is 6.26. The second-order valence-electron chi connectivity index (χ2n) is 11.1. The highest BCUT2D eigenvalue weighted by Crippen LogP contribution is 2.37. The van der Waals surface area contributed by atoms with E-state index in [1.54, 1.807) is 18.0 Å². The van der Waals surface area contributed by atoms with Crippen LogP contribution < -0.4 is 0 Å². The fraction of sp³-hybridized carbons (Fsp3) is 0.704. The summed E-state index contributed by atoms with van der Waals surface area (Å²) in [5.41, 5.74) is 0.997. The zero-order chi connectivity index (χ0) is 24.5. The number of ether oxygens (including phenoxy) is 1. The standard InChI is InChI=1S/C27H37Cl2N3O3/c1-30(27(34)35-13-10-18-2-3-18)25-17-32(16-22(25)21-6-7-23(28)24(29)14-21)26(33)20-8-11-31(12-9-20)15-19-4-5-19/h6-7,14,18-20,22,25H,2-5,8-13,15-17H2,1H3/t22-,25+/m0/s1. The predicted octanol–water partition coefficient (Wildman–Crippen LogP) is 5.28. The highest BCUT2D eigenvalue weighted by Gasteiger charge is 2.42. The van der Waals surface area contributed by atoms with Gasteiger partial charge in [-0.1, -0.05) is 42.1 Å². The van der Waals surface area contributed by atoms with E-state index in [1.165, 1.54) is 32.2 Å². The maximum Gasteiger partial charge on any atom is 0.409 e. The largest absolute Gasteiger partial charge is 0.449 e. The smallest absolute Gasteiger partial charge is 0.409 e. The fourth-order valence-electron chi connectivity index (χ4n) is 5.67. The molecule has 2 aliphatic heterocycles. The van der Waals surface area contributed by atoms with Crippen LogP contribution in [0.4, 0.5) is 4.79 Å². The van der Waals surface area contributed by atoms with E-state index in [0.29, 0.717) is 35.7 Å². The molecule has 4 aliphatic rings. The van der Waals surface area contributed by atoms with Crippen molar-refractivity contribution in [1.82, 2.24) is 14.7 Å². The van der Waals surface area contributed by atoms with Gasteiger partial charge in [0.15, 0.2) is 0 Å². The van der Waals surface area contributed by atoms with Gasteiger partial charge in [-0.05, 0) is 74.7 Å². The van der Waals surface area contributed by atoms with E-state index in [1.807, 2.05) is 17.0 Å². The van der Waals surface area contributed by atoms with Gasteiger partial charge in [0.25, 0.3) is 0 Å². The second-order valence-corrected chi connectivity index (χ2v) is 11.9. The Labute approximate surface area is 218 Å². The molecule has 192 valence electrons. The van der Waals surface area contributed by atoms with Crippen LogP contribution in [0.3, 0.4) is 0 Å². The molecule has 1 aromatic carbocycles. The topological polar surface area (TPSA) is 53.1 Å². The third-order valence-corrected chi connectivity index (χ3v) is 9.10. The first-order valence-corrected chi connectivity index (χ1v) is 14.0. The lowest BCUT2D eigenvalue weighted by atomic mass is 9.93. The van der Waals surface area contributed by atoms with Gasteiger partial charge in [0, 0.05) is 38.5 Å². The number of piperidine rings is 1. The van der Waals surface area contributed by atoms with Crippen molar-refractivity contribution in [2.45, 2.75) is 56.9 Å². The van der Waals surface area contributed by atoms with E-state index in [2.05, 4.69) is 4.90 Å². The minimum Gasteiger partial charge on any atom is -0.449 e. The normalized spacial score (nSPS) is 25.6. The first-order valence-electron chi connectivity index (χ1n) is 13.2. The average Bonchev–Trinajstić information content (AvgIpc) is 3.79. The number of amides is 2.